The molecule has 5 heteroatoms. The van der Waals surface area contributed by atoms with Gasteiger partial charge >= 0.3 is 0 Å². The third kappa shape index (κ3) is 2.98. The van der Waals surface area contributed by atoms with Gasteiger partial charge in [-0.25, -0.2) is 4.98 Å². The number of H-pyrrole nitrogens is 1. The van der Waals surface area contributed by atoms with Crippen molar-refractivity contribution >= 4 is 10.9 Å². The molecule has 3 aromatic rings. The molecular formula is C18H20N4O. The van der Waals surface area contributed by atoms with Crippen molar-refractivity contribution < 1.29 is 4.74 Å². The molecule has 23 heavy (non-hydrogen) atoms. The topological polar surface area (TPSA) is 54.0 Å². The van der Waals surface area contributed by atoms with E-state index in [-0.39, 0.29) is 6.04 Å². The highest BCUT2D eigenvalue weighted by Gasteiger charge is 2.26. The van der Waals surface area contributed by atoms with Crippen molar-refractivity contribution in [1.29, 1.82) is 0 Å². The lowest BCUT2D eigenvalue weighted by atomic mass is 10.1. The monoisotopic (exact) mass is 308 g/mol. The summed E-state index contributed by atoms with van der Waals surface area (Å²) in [6.07, 6.45) is 3.71. The molecule has 3 heterocycles. The number of hydrogen-bond acceptors (Lipinski definition) is 4. The number of pyridine rings is 1. The maximum absolute atomic E-state index is 5.67. The molecule has 0 spiro atoms. The molecule has 0 amide bonds. The number of benzene rings is 1. The zero-order valence-electron chi connectivity index (χ0n) is 13.2. The Bertz CT molecular complexity index is 813. The van der Waals surface area contributed by atoms with Crippen LogP contribution in [0, 0.1) is 6.92 Å². The van der Waals surface area contributed by atoms with Crippen molar-refractivity contribution in [2.45, 2.75) is 19.5 Å². The third-order valence-electron chi connectivity index (χ3n) is 4.33. The fraction of sp³-hybridized carbons (Fsp3) is 0.333. The van der Waals surface area contributed by atoms with Crippen LogP contribution in [0.4, 0.5) is 0 Å². The molecule has 5 nitrogen and oxygen atoms in total. The van der Waals surface area contributed by atoms with E-state index >= 15 is 0 Å². The molecule has 1 aliphatic heterocycles. The fourth-order valence-electron chi connectivity index (χ4n) is 3.14. The molecule has 1 atom stereocenters. The summed E-state index contributed by atoms with van der Waals surface area (Å²) in [5.74, 6) is 0.990. The summed E-state index contributed by atoms with van der Waals surface area (Å²) in [4.78, 5) is 14.7. The Kier molecular flexibility index (Phi) is 3.81. The van der Waals surface area contributed by atoms with Gasteiger partial charge in [0.25, 0.3) is 0 Å². The molecule has 1 N–H and O–H groups in total. The van der Waals surface area contributed by atoms with Gasteiger partial charge in [-0.1, -0.05) is 12.1 Å². The maximum Gasteiger partial charge on any atom is 0.126 e. The van der Waals surface area contributed by atoms with Crippen molar-refractivity contribution in [3.63, 3.8) is 0 Å². The highest BCUT2D eigenvalue weighted by atomic mass is 16.5. The smallest absolute Gasteiger partial charge is 0.126 e. The Morgan fingerprint density at radius 2 is 2.26 bits per heavy atom. The number of aromatic nitrogens is 3. The Hall–Kier alpha value is -2.24. The van der Waals surface area contributed by atoms with Gasteiger partial charge in [-0.3, -0.25) is 9.88 Å². The number of hydrogen-bond donors (Lipinski definition) is 1. The summed E-state index contributed by atoms with van der Waals surface area (Å²) in [6, 6.07) is 10.8. The molecule has 1 aliphatic rings. The molecule has 0 saturated carbocycles. The molecule has 2 aromatic heterocycles. The third-order valence-corrected chi connectivity index (χ3v) is 4.33. The number of imidazole rings is 1. The van der Waals surface area contributed by atoms with E-state index in [1.165, 1.54) is 10.9 Å². The molecular weight excluding hydrogens is 288 g/mol. The van der Waals surface area contributed by atoms with Gasteiger partial charge in [-0.15, -0.1) is 0 Å². The number of aromatic amines is 1. The number of rotatable bonds is 3. The summed E-state index contributed by atoms with van der Waals surface area (Å²) in [6.45, 7) is 5.28. The van der Waals surface area contributed by atoms with Gasteiger partial charge in [-0.05, 0) is 30.7 Å². The van der Waals surface area contributed by atoms with Crippen molar-refractivity contribution in [2.24, 2.45) is 0 Å². The van der Waals surface area contributed by atoms with E-state index < -0.39 is 0 Å². The van der Waals surface area contributed by atoms with Crippen molar-refractivity contribution in [1.82, 2.24) is 19.9 Å². The first-order valence-electron chi connectivity index (χ1n) is 7.96. The average Bonchev–Trinajstić information content (AvgIpc) is 3.01. The van der Waals surface area contributed by atoms with Crippen LogP contribution in [0.3, 0.4) is 0 Å². The minimum atomic E-state index is 0.182. The van der Waals surface area contributed by atoms with Crippen LogP contribution in [0.25, 0.3) is 10.9 Å². The van der Waals surface area contributed by atoms with E-state index in [4.69, 9.17) is 4.74 Å². The number of nitrogens with one attached hydrogen (secondary N) is 1. The van der Waals surface area contributed by atoms with Crippen LogP contribution in [0.2, 0.25) is 0 Å². The molecule has 4 rings (SSSR count). The summed E-state index contributed by atoms with van der Waals surface area (Å²) < 4.78 is 5.67. The zero-order chi connectivity index (χ0) is 15.6. The highest BCUT2D eigenvalue weighted by Crippen LogP contribution is 2.25. The van der Waals surface area contributed by atoms with Crippen molar-refractivity contribution in [3.8, 4) is 0 Å². The van der Waals surface area contributed by atoms with Crippen LogP contribution in [0.5, 0.6) is 0 Å². The van der Waals surface area contributed by atoms with E-state index in [0.717, 1.165) is 36.7 Å². The largest absolute Gasteiger partial charge is 0.378 e. The molecule has 0 unspecified atom stereocenters. The second kappa shape index (κ2) is 6.10. The average molecular weight is 308 g/mol. The predicted octanol–water partition coefficient (Wildman–Crippen LogP) is 2.84. The minimum Gasteiger partial charge on any atom is -0.378 e. The summed E-state index contributed by atoms with van der Waals surface area (Å²) in [5, 5.41) is 1.18. The lowest BCUT2D eigenvalue weighted by molar-refractivity contribution is -0.0156. The minimum absolute atomic E-state index is 0.182. The SMILES string of the molecule is Cc1cnc([C@@H]2COCCN2Cc2ccc3ncccc3c2)[nH]1. The number of fused-ring (bicyclic) bond motifs is 1. The van der Waals surface area contributed by atoms with Crippen LogP contribution < -0.4 is 0 Å². The highest BCUT2D eigenvalue weighted by molar-refractivity contribution is 5.78. The second-order valence-corrected chi connectivity index (χ2v) is 6.04. The van der Waals surface area contributed by atoms with Gasteiger partial charge in [0, 0.05) is 36.6 Å². The number of aryl methyl sites for hydroxylation is 1. The Morgan fingerprint density at radius 3 is 3.13 bits per heavy atom. The lowest BCUT2D eigenvalue weighted by Crippen LogP contribution is -2.39. The van der Waals surface area contributed by atoms with Crippen LogP contribution in [-0.4, -0.2) is 39.6 Å². The maximum atomic E-state index is 5.67. The van der Waals surface area contributed by atoms with Crippen molar-refractivity contribution in [3.05, 3.63) is 59.8 Å². The molecule has 0 aliphatic carbocycles. The summed E-state index contributed by atoms with van der Waals surface area (Å²) in [7, 11) is 0. The first-order chi connectivity index (χ1) is 11.3. The van der Waals surface area contributed by atoms with Crippen LogP contribution in [-0.2, 0) is 11.3 Å². The summed E-state index contributed by atoms with van der Waals surface area (Å²) in [5.41, 5.74) is 3.42. The molecule has 1 saturated heterocycles. The van der Waals surface area contributed by atoms with Gasteiger partial charge in [0.1, 0.15) is 5.82 Å². The molecule has 118 valence electrons. The number of ether oxygens (including phenoxy) is 1. The van der Waals surface area contributed by atoms with E-state index in [2.05, 4.69) is 44.1 Å². The second-order valence-electron chi connectivity index (χ2n) is 6.04. The summed E-state index contributed by atoms with van der Waals surface area (Å²) >= 11 is 0. The van der Waals surface area contributed by atoms with Crippen molar-refractivity contribution in [2.75, 3.05) is 19.8 Å². The van der Waals surface area contributed by atoms with Gasteiger partial charge in [0.15, 0.2) is 0 Å². The zero-order valence-corrected chi connectivity index (χ0v) is 13.2. The van der Waals surface area contributed by atoms with E-state index in [9.17, 15) is 0 Å². The van der Waals surface area contributed by atoms with E-state index in [0.29, 0.717) is 6.61 Å². The first-order valence-corrected chi connectivity index (χ1v) is 7.96. The molecule has 0 bridgehead atoms. The van der Waals surface area contributed by atoms with Crippen LogP contribution in [0.15, 0.2) is 42.7 Å². The predicted molar refractivity (Wildman–Crippen MR) is 89.0 cm³/mol. The van der Waals surface area contributed by atoms with Gasteiger partial charge < -0.3 is 9.72 Å². The molecule has 1 aromatic carbocycles. The standard InChI is InChI=1S/C18H20N4O/c1-13-10-20-18(21-13)17-12-23-8-7-22(17)11-14-4-5-16-15(9-14)3-2-6-19-16/h2-6,9-10,17H,7-8,11-12H2,1H3,(H,20,21)/t17-/m0/s1. The Balaban J connectivity index is 1.59. The molecule has 0 radical (unpaired) electrons. The fourth-order valence-corrected chi connectivity index (χ4v) is 3.14. The number of nitrogens with zero attached hydrogens (tertiary/aromatic N) is 3. The Morgan fingerprint density at radius 1 is 1.30 bits per heavy atom. The van der Waals surface area contributed by atoms with Gasteiger partial charge in [0.2, 0.25) is 0 Å². The van der Waals surface area contributed by atoms with Crippen LogP contribution >= 0.6 is 0 Å². The first kappa shape index (κ1) is 14.4. The van der Waals surface area contributed by atoms with E-state index in [1.54, 1.807) is 0 Å². The van der Waals surface area contributed by atoms with Crippen LogP contribution in [0.1, 0.15) is 23.1 Å². The number of morpholine rings is 1. The normalized spacial score (nSPS) is 19.3. The Labute approximate surface area is 135 Å². The van der Waals surface area contributed by atoms with Gasteiger partial charge in [-0.2, -0.15) is 0 Å². The lowest BCUT2D eigenvalue weighted by Gasteiger charge is -2.34. The van der Waals surface area contributed by atoms with E-state index in [1.807, 2.05) is 25.4 Å². The van der Waals surface area contributed by atoms with Gasteiger partial charge in [0.05, 0.1) is 24.8 Å². The molecule has 1 fully saturated rings. The quantitative estimate of drug-likeness (QED) is 0.808.